The van der Waals surface area contributed by atoms with E-state index in [0.29, 0.717) is 35.7 Å². The Morgan fingerprint density at radius 1 is 0.900 bits per heavy atom. The minimum absolute atomic E-state index is 0.137. The van der Waals surface area contributed by atoms with Crippen molar-refractivity contribution in [1.82, 2.24) is 5.32 Å². The first kappa shape index (κ1) is 21.6. The summed E-state index contributed by atoms with van der Waals surface area (Å²) in [7, 11) is 0. The zero-order valence-electron chi connectivity index (χ0n) is 16.7. The predicted octanol–water partition coefficient (Wildman–Crippen LogP) is 5.07. The van der Waals surface area contributed by atoms with E-state index in [1.807, 2.05) is 25.1 Å². The van der Waals surface area contributed by atoms with Gasteiger partial charge in [-0.05, 0) is 70.9 Å². The lowest BCUT2D eigenvalue weighted by Crippen LogP contribution is -2.22. The van der Waals surface area contributed by atoms with Crippen molar-refractivity contribution in [2.45, 2.75) is 13.3 Å². The smallest absolute Gasteiger partial charge is 0.255 e. The highest BCUT2D eigenvalue weighted by Crippen LogP contribution is 2.26. The van der Waals surface area contributed by atoms with Crippen LogP contribution in [0.25, 0.3) is 0 Å². The summed E-state index contributed by atoms with van der Waals surface area (Å²) in [5.74, 6) is 0.313. The van der Waals surface area contributed by atoms with Gasteiger partial charge in [-0.1, -0.05) is 30.3 Å². The van der Waals surface area contributed by atoms with Crippen LogP contribution in [0.2, 0.25) is 0 Å². The molecule has 0 saturated heterocycles. The molecule has 0 radical (unpaired) electrons. The monoisotopic (exact) mass is 466 g/mol. The molecule has 0 aliphatic heterocycles. The molecule has 6 heteroatoms. The molecule has 0 bridgehead atoms. The fourth-order valence-electron chi connectivity index (χ4n) is 2.85. The molecule has 0 heterocycles. The van der Waals surface area contributed by atoms with Crippen LogP contribution in [0.3, 0.4) is 0 Å². The highest BCUT2D eigenvalue weighted by atomic mass is 79.9. The number of ether oxygens (including phenoxy) is 1. The number of amides is 2. The Kier molecular flexibility index (Phi) is 7.63. The van der Waals surface area contributed by atoms with E-state index < -0.39 is 0 Å². The largest absolute Gasteiger partial charge is 0.492 e. The molecule has 0 aliphatic rings. The lowest BCUT2D eigenvalue weighted by atomic mass is 10.1. The van der Waals surface area contributed by atoms with E-state index in [4.69, 9.17) is 4.74 Å². The van der Waals surface area contributed by atoms with Crippen LogP contribution >= 0.6 is 15.9 Å². The highest BCUT2D eigenvalue weighted by Gasteiger charge is 2.11. The summed E-state index contributed by atoms with van der Waals surface area (Å²) in [5, 5.41) is 5.58. The summed E-state index contributed by atoms with van der Waals surface area (Å²) in [6, 6.07) is 22.1. The van der Waals surface area contributed by atoms with E-state index in [9.17, 15) is 9.59 Å². The molecule has 0 aromatic heterocycles. The van der Waals surface area contributed by atoms with E-state index in [1.54, 1.807) is 42.5 Å². The second-order valence-electron chi connectivity index (χ2n) is 6.62. The van der Waals surface area contributed by atoms with Gasteiger partial charge in [0.15, 0.2) is 0 Å². The minimum Gasteiger partial charge on any atom is -0.492 e. The van der Waals surface area contributed by atoms with Gasteiger partial charge in [0.1, 0.15) is 5.75 Å². The standard InChI is InChI=1S/C24H23BrN2O3/c1-2-26-23(28)18-8-11-20(12-9-18)27-24(29)19-10-13-22(21(25)16-19)30-15-14-17-6-4-3-5-7-17/h3-13,16H,2,14-15H2,1H3,(H,26,28)(H,27,29). The molecule has 3 aromatic carbocycles. The van der Waals surface area contributed by atoms with Crippen LogP contribution in [0.1, 0.15) is 33.2 Å². The molecule has 30 heavy (non-hydrogen) atoms. The maximum atomic E-state index is 12.5. The Labute approximate surface area is 184 Å². The van der Waals surface area contributed by atoms with Crippen molar-refractivity contribution in [2.24, 2.45) is 0 Å². The molecular formula is C24H23BrN2O3. The van der Waals surface area contributed by atoms with Crippen LogP contribution in [0.5, 0.6) is 5.75 Å². The summed E-state index contributed by atoms with van der Waals surface area (Å²) in [4.78, 5) is 24.4. The summed E-state index contributed by atoms with van der Waals surface area (Å²) in [5.41, 5.74) is 2.88. The van der Waals surface area contributed by atoms with Crippen LogP contribution < -0.4 is 15.4 Å². The molecule has 0 atom stereocenters. The molecule has 0 fully saturated rings. The van der Waals surface area contributed by atoms with Gasteiger partial charge in [-0.3, -0.25) is 9.59 Å². The molecular weight excluding hydrogens is 444 g/mol. The maximum absolute atomic E-state index is 12.5. The van der Waals surface area contributed by atoms with Crippen molar-refractivity contribution < 1.29 is 14.3 Å². The zero-order chi connectivity index (χ0) is 21.3. The zero-order valence-corrected chi connectivity index (χ0v) is 18.2. The number of carbonyl (C=O) groups excluding carboxylic acids is 2. The number of carbonyl (C=O) groups is 2. The van der Waals surface area contributed by atoms with E-state index in [-0.39, 0.29) is 11.8 Å². The molecule has 2 N–H and O–H groups in total. The summed E-state index contributed by atoms with van der Waals surface area (Å²) >= 11 is 3.48. The molecule has 0 aliphatic carbocycles. The fraction of sp³-hybridized carbons (Fsp3) is 0.167. The predicted molar refractivity (Wildman–Crippen MR) is 122 cm³/mol. The topological polar surface area (TPSA) is 67.4 Å². The molecule has 0 spiro atoms. The van der Waals surface area contributed by atoms with Crippen LogP contribution in [0, 0.1) is 0 Å². The van der Waals surface area contributed by atoms with Crippen LogP contribution in [0.15, 0.2) is 77.3 Å². The van der Waals surface area contributed by atoms with Crippen LogP contribution in [-0.2, 0) is 6.42 Å². The minimum atomic E-state index is -0.239. The number of halogens is 1. The van der Waals surface area contributed by atoms with E-state index in [1.165, 1.54) is 5.56 Å². The van der Waals surface area contributed by atoms with Crippen LogP contribution in [-0.4, -0.2) is 25.0 Å². The first-order valence-electron chi connectivity index (χ1n) is 9.72. The van der Waals surface area contributed by atoms with Crippen molar-refractivity contribution in [3.05, 3.63) is 94.0 Å². The molecule has 5 nitrogen and oxygen atoms in total. The average Bonchev–Trinajstić information content (AvgIpc) is 2.76. The van der Waals surface area contributed by atoms with Crippen molar-refractivity contribution in [2.75, 3.05) is 18.5 Å². The Morgan fingerprint density at radius 3 is 2.27 bits per heavy atom. The van der Waals surface area contributed by atoms with E-state index in [0.717, 1.165) is 10.9 Å². The van der Waals surface area contributed by atoms with Gasteiger partial charge in [0.25, 0.3) is 11.8 Å². The van der Waals surface area contributed by atoms with Crippen molar-refractivity contribution in [1.29, 1.82) is 0 Å². The van der Waals surface area contributed by atoms with Gasteiger partial charge in [-0.2, -0.15) is 0 Å². The van der Waals surface area contributed by atoms with Gasteiger partial charge in [0.05, 0.1) is 11.1 Å². The molecule has 0 unspecified atom stereocenters. The fourth-order valence-corrected chi connectivity index (χ4v) is 3.35. The Bertz CT molecular complexity index is 1000. The maximum Gasteiger partial charge on any atom is 0.255 e. The molecule has 3 rings (SSSR count). The molecule has 154 valence electrons. The van der Waals surface area contributed by atoms with Gasteiger partial charge < -0.3 is 15.4 Å². The Hall–Kier alpha value is -3.12. The van der Waals surface area contributed by atoms with Crippen molar-refractivity contribution in [3.8, 4) is 5.75 Å². The number of hydrogen-bond donors (Lipinski definition) is 2. The van der Waals surface area contributed by atoms with Crippen molar-refractivity contribution >= 4 is 33.4 Å². The SMILES string of the molecule is CCNC(=O)c1ccc(NC(=O)c2ccc(OCCc3ccccc3)c(Br)c2)cc1. The number of rotatable bonds is 8. The quantitative estimate of drug-likeness (QED) is 0.486. The first-order valence-corrected chi connectivity index (χ1v) is 10.5. The Balaban J connectivity index is 1.57. The number of benzene rings is 3. The van der Waals surface area contributed by atoms with Gasteiger partial charge >= 0.3 is 0 Å². The third kappa shape index (κ3) is 5.94. The van der Waals surface area contributed by atoms with Gasteiger partial charge in [-0.15, -0.1) is 0 Å². The highest BCUT2D eigenvalue weighted by molar-refractivity contribution is 9.10. The molecule has 0 saturated carbocycles. The average molecular weight is 467 g/mol. The lowest BCUT2D eigenvalue weighted by molar-refractivity contribution is 0.0955. The van der Waals surface area contributed by atoms with Gasteiger partial charge in [0.2, 0.25) is 0 Å². The molecule has 2 amide bonds. The Morgan fingerprint density at radius 2 is 1.60 bits per heavy atom. The third-order valence-corrected chi connectivity index (χ3v) is 5.05. The van der Waals surface area contributed by atoms with Gasteiger partial charge in [0, 0.05) is 29.8 Å². The van der Waals surface area contributed by atoms with E-state index >= 15 is 0 Å². The number of anilines is 1. The normalized spacial score (nSPS) is 10.3. The number of nitrogens with one attached hydrogen (secondary N) is 2. The first-order chi connectivity index (χ1) is 14.6. The lowest BCUT2D eigenvalue weighted by Gasteiger charge is -2.11. The van der Waals surface area contributed by atoms with Crippen LogP contribution in [0.4, 0.5) is 5.69 Å². The number of hydrogen-bond acceptors (Lipinski definition) is 3. The second-order valence-corrected chi connectivity index (χ2v) is 7.47. The summed E-state index contributed by atoms with van der Waals surface area (Å²) < 4.78 is 6.55. The van der Waals surface area contributed by atoms with Gasteiger partial charge in [-0.25, -0.2) is 0 Å². The molecule has 3 aromatic rings. The van der Waals surface area contributed by atoms with Crippen molar-refractivity contribution in [3.63, 3.8) is 0 Å². The second kappa shape index (κ2) is 10.6. The summed E-state index contributed by atoms with van der Waals surface area (Å²) in [6.07, 6.45) is 0.807. The van der Waals surface area contributed by atoms with E-state index in [2.05, 4.69) is 38.7 Å². The third-order valence-electron chi connectivity index (χ3n) is 4.43. The summed E-state index contributed by atoms with van der Waals surface area (Å²) in [6.45, 7) is 2.98.